The summed E-state index contributed by atoms with van der Waals surface area (Å²) in [5, 5.41) is 12.1. The topological polar surface area (TPSA) is 103 Å². The van der Waals surface area contributed by atoms with Gasteiger partial charge < -0.3 is 14.4 Å². The van der Waals surface area contributed by atoms with E-state index < -0.39 is 0 Å². The molecular formula is C15H18N6O2. The van der Waals surface area contributed by atoms with Crippen molar-refractivity contribution in [1.82, 2.24) is 25.3 Å². The molecule has 3 aromatic heterocycles. The van der Waals surface area contributed by atoms with Gasteiger partial charge in [-0.15, -0.1) is 0 Å². The summed E-state index contributed by atoms with van der Waals surface area (Å²) in [6, 6.07) is 0. The third kappa shape index (κ3) is 2.76. The Hall–Kier alpha value is -2.51. The van der Waals surface area contributed by atoms with Gasteiger partial charge in [-0.2, -0.15) is 9.97 Å². The van der Waals surface area contributed by atoms with Gasteiger partial charge >= 0.3 is 0 Å². The van der Waals surface area contributed by atoms with Gasteiger partial charge in [-0.3, -0.25) is 0 Å². The predicted molar refractivity (Wildman–Crippen MR) is 82.0 cm³/mol. The summed E-state index contributed by atoms with van der Waals surface area (Å²) in [6.45, 7) is 2.52. The summed E-state index contributed by atoms with van der Waals surface area (Å²) in [4.78, 5) is 12.8. The Balaban J connectivity index is 1.40. The van der Waals surface area contributed by atoms with Crippen LogP contribution in [0.5, 0.6) is 0 Å². The van der Waals surface area contributed by atoms with Crippen molar-refractivity contribution in [2.45, 2.75) is 44.9 Å². The van der Waals surface area contributed by atoms with Crippen LogP contribution in [0.25, 0.3) is 11.1 Å². The van der Waals surface area contributed by atoms with Gasteiger partial charge in [0.25, 0.3) is 5.71 Å². The molecule has 120 valence electrons. The lowest BCUT2D eigenvalue weighted by Crippen LogP contribution is -2.08. The van der Waals surface area contributed by atoms with Crippen LogP contribution in [0.4, 0.5) is 5.82 Å². The van der Waals surface area contributed by atoms with E-state index in [4.69, 9.17) is 9.05 Å². The minimum atomic E-state index is 0.449. The van der Waals surface area contributed by atoms with E-state index in [1.165, 1.54) is 19.2 Å². The van der Waals surface area contributed by atoms with Crippen LogP contribution < -0.4 is 5.32 Å². The molecule has 1 N–H and O–H groups in total. The van der Waals surface area contributed by atoms with Gasteiger partial charge in [0.1, 0.15) is 17.5 Å². The Labute approximate surface area is 132 Å². The van der Waals surface area contributed by atoms with E-state index in [1.54, 1.807) is 0 Å². The molecule has 1 fully saturated rings. The lowest BCUT2D eigenvalue weighted by atomic mass is 10.1. The first-order valence-electron chi connectivity index (χ1n) is 7.94. The van der Waals surface area contributed by atoms with Crippen molar-refractivity contribution in [2.75, 3.05) is 11.9 Å². The molecule has 0 atom stereocenters. The smallest absolute Gasteiger partial charge is 0.263 e. The van der Waals surface area contributed by atoms with Crippen LogP contribution in [0.1, 0.15) is 49.0 Å². The summed E-state index contributed by atoms with van der Waals surface area (Å²) in [5.41, 5.74) is 1.26. The van der Waals surface area contributed by atoms with Crippen LogP contribution in [0.15, 0.2) is 15.4 Å². The minimum Gasteiger partial charge on any atom is -0.369 e. The van der Waals surface area contributed by atoms with E-state index in [0.29, 0.717) is 30.4 Å². The predicted octanol–water partition coefficient (Wildman–Crippen LogP) is 2.62. The van der Waals surface area contributed by atoms with Gasteiger partial charge in [0.05, 0.1) is 5.69 Å². The van der Waals surface area contributed by atoms with E-state index in [-0.39, 0.29) is 0 Å². The monoisotopic (exact) mass is 314 g/mol. The first kappa shape index (κ1) is 14.1. The van der Waals surface area contributed by atoms with Gasteiger partial charge in [-0.25, -0.2) is 4.98 Å². The third-order valence-corrected chi connectivity index (χ3v) is 4.27. The van der Waals surface area contributed by atoms with Crippen molar-refractivity contribution in [1.29, 1.82) is 0 Å². The molecule has 0 aliphatic heterocycles. The zero-order valence-corrected chi connectivity index (χ0v) is 12.9. The van der Waals surface area contributed by atoms with Crippen molar-refractivity contribution in [3.8, 4) is 0 Å². The molecule has 1 saturated carbocycles. The number of nitrogens with zero attached hydrogens (tertiary/aromatic N) is 5. The maximum atomic E-state index is 5.39. The van der Waals surface area contributed by atoms with Gasteiger partial charge in [-0.05, 0) is 19.8 Å². The van der Waals surface area contributed by atoms with Crippen molar-refractivity contribution in [3.05, 3.63) is 23.7 Å². The number of anilines is 1. The Bertz CT molecular complexity index is 805. The van der Waals surface area contributed by atoms with Crippen molar-refractivity contribution < 1.29 is 9.05 Å². The molecule has 0 spiro atoms. The molecule has 0 aromatic carbocycles. The second-order valence-corrected chi connectivity index (χ2v) is 5.88. The summed E-state index contributed by atoms with van der Waals surface area (Å²) in [7, 11) is 0. The van der Waals surface area contributed by atoms with Gasteiger partial charge in [-0.1, -0.05) is 23.2 Å². The summed E-state index contributed by atoms with van der Waals surface area (Å²) in [5.74, 6) is 2.68. The molecule has 0 unspecified atom stereocenters. The largest absolute Gasteiger partial charge is 0.369 e. The fourth-order valence-corrected chi connectivity index (χ4v) is 3.06. The van der Waals surface area contributed by atoms with Crippen molar-refractivity contribution in [2.24, 2.45) is 0 Å². The number of hydrogen-bond donors (Lipinski definition) is 1. The fourth-order valence-electron chi connectivity index (χ4n) is 3.06. The zero-order valence-electron chi connectivity index (χ0n) is 12.9. The van der Waals surface area contributed by atoms with E-state index in [2.05, 4.69) is 30.6 Å². The summed E-state index contributed by atoms with van der Waals surface area (Å²) < 4.78 is 10.5. The van der Waals surface area contributed by atoms with Gasteiger partial charge in [0.2, 0.25) is 5.89 Å². The number of fused-ring (bicyclic) bond motifs is 1. The molecule has 3 heterocycles. The van der Waals surface area contributed by atoms with Gasteiger partial charge in [0.15, 0.2) is 5.82 Å². The fraction of sp³-hybridized carbons (Fsp3) is 0.533. The molecule has 4 rings (SSSR count). The Morgan fingerprint density at radius 2 is 2.04 bits per heavy atom. The van der Waals surface area contributed by atoms with Crippen molar-refractivity contribution >= 4 is 16.9 Å². The van der Waals surface area contributed by atoms with E-state index in [1.807, 2.05) is 6.92 Å². The number of nitrogens with one attached hydrogen (secondary N) is 1. The highest BCUT2D eigenvalue weighted by Gasteiger charge is 2.22. The molecule has 3 aromatic rings. The lowest BCUT2D eigenvalue weighted by Gasteiger charge is -2.04. The first-order chi connectivity index (χ1) is 11.3. The SMILES string of the molecule is Cc1noc2ncnc(NCCc3noc(C4CCCC4)n3)c12. The number of aromatic nitrogens is 5. The maximum Gasteiger partial charge on any atom is 0.263 e. The van der Waals surface area contributed by atoms with Crippen LogP contribution in [-0.2, 0) is 6.42 Å². The lowest BCUT2D eigenvalue weighted by molar-refractivity contribution is 0.350. The van der Waals surface area contributed by atoms with E-state index in [9.17, 15) is 0 Å². The van der Waals surface area contributed by atoms with Crippen molar-refractivity contribution in [3.63, 3.8) is 0 Å². The van der Waals surface area contributed by atoms with Gasteiger partial charge in [0, 0.05) is 18.9 Å². The second-order valence-electron chi connectivity index (χ2n) is 5.88. The normalized spacial score (nSPS) is 15.5. The first-order valence-corrected chi connectivity index (χ1v) is 7.94. The van der Waals surface area contributed by atoms with Crippen LogP contribution in [-0.4, -0.2) is 31.8 Å². The molecule has 1 aliphatic carbocycles. The number of rotatable bonds is 5. The molecule has 23 heavy (non-hydrogen) atoms. The standard InChI is InChI=1S/C15H18N6O2/c1-9-12-13(17-8-18-15(12)23-20-9)16-7-6-11-19-14(22-21-11)10-4-2-3-5-10/h8,10H,2-7H2,1H3,(H,16,17,18). The van der Waals surface area contributed by atoms with E-state index in [0.717, 1.165) is 35.6 Å². The quantitative estimate of drug-likeness (QED) is 0.766. The number of aryl methyl sites for hydroxylation is 1. The van der Waals surface area contributed by atoms with Crippen LogP contribution in [0.2, 0.25) is 0 Å². The molecular weight excluding hydrogens is 296 g/mol. The summed E-state index contributed by atoms with van der Waals surface area (Å²) in [6.07, 6.45) is 6.96. The Morgan fingerprint density at radius 1 is 1.17 bits per heavy atom. The third-order valence-electron chi connectivity index (χ3n) is 4.27. The number of hydrogen-bond acceptors (Lipinski definition) is 8. The second kappa shape index (κ2) is 5.94. The molecule has 0 bridgehead atoms. The highest BCUT2D eigenvalue weighted by atomic mass is 16.5. The maximum absolute atomic E-state index is 5.39. The average Bonchev–Trinajstić information content (AvgIpc) is 3.28. The molecule has 1 aliphatic rings. The molecule has 0 radical (unpaired) electrons. The molecule has 8 nitrogen and oxygen atoms in total. The molecule has 0 amide bonds. The minimum absolute atomic E-state index is 0.449. The zero-order chi connectivity index (χ0) is 15.6. The summed E-state index contributed by atoms with van der Waals surface area (Å²) >= 11 is 0. The highest BCUT2D eigenvalue weighted by molar-refractivity contribution is 5.87. The Morgan fingerprint density at radius 3 is 2.91 bits per heavy atom. The highest BCUT2D eigenvalue weighted by Crippen LogP contribution is 2.32. The van der Waals surface area contributed by atoms with E-state index >= 15 is 0 Å². The molecule has 0 saturated heterocycles. The van der Waals surface area contributed by atoms with Crippen LogP contribution >= 0.6 is 0 Å². The average molecular weight is 314 g/mol. The van der Waals surface area contributed by atoms with Crippen LogP contribution in [0, 0.1) is 6.92 Å². The molecule has 8 heteroatoms. The Kier molecular flexibility index (Phi) is 3.64. The van der Waals surface area contributed by atoms with Crippen LogP contribution in [0.3, 0.4) is 0 Å².